The predicted molar refractivity (Wildman–Crippen MR) is 111 cm³/mol. The molecule has 2 aromatic rings. The van der Waals surface area contributed by atoms with Crippen LogP contribution in [0.4, 0.5) is 0 Å². The zero-order chi connectivity index (χ0) is 20.9. The van der Waals surface area contributed by atoms with Crippen molar-refractivity contribution in [2.24, 2.45) is 5.92 Å². The topological polar surface area (TPSA) is 102 Å². The fraction of sp³-hybridized carbons (Fsp3) is 0.474. The number of ether oxygens (including phenoxy) is 1. The van der Waals surface area contributed by atoms with E-state index >= 15 is 0 Å². The lowest BCUT2D eigenvalue weighted by Gasteiger charge is -2.30. The quantitative estimate of drug-likeness (QED) is 0.634. The van der Waals surface area contributed by atoms with Crippen molar-refractivity contribution in [1.29, 1.82) is 0 Å². The summed E-state index contributed by atoms with van der Waals surface area (Å²) in [5.74, 6) is -0.0322. The summed E-state index contributed by atoms with van der Waals surface area (Å²) in [5.41, 5.74) is 0.329. The van der Waals surface area contributed by atoms with Gasteiger partial charge in [-0.25, -0.2) is 8.42 Å². The largest absolute Gasteiger partial charge is 0.383 e. The van der Waals surface area contributed by atoms with Crippen molar-refractivity contribution in [2.75, 3.05) is 33.4 Å². The van der Waals surface area contributed by atoms with Crippen molar-refractivity contribution in [2.45, 2.75) is 24.7 Å². The van der Waals surface area contributed by atoms with Gasteiger partial charge in [0.15, 0.2) is 10.7 Å². The Morgan fingerprint density at radius 1 is 1.41 bits per heavy atom. The van der Waals surface area contributed by atoms with Gasteiger partial charge in [0.2, 0.25) is 15.9 Å². The third-order valence-electron chi connectivity index (χ3n) is 4.80. The molecule has 1 amide bonds. The molecule has 1 N–H and O–H groups in total. The maximum absolute atomic E-state index is 13.2. The highest BCUT2D eigenvalue weighted by Crippen LogP contribution is 2.29. The number of aryl methyl sites for hydroxylation is 1. The summed E-state index contributed by atoms with van der Waals surface area (Å²) in [7, 11) is -2.19. The number of carbonyl (C=O) groups excluding carboxylic acids is 1. The van der Waals surface area contributed by atoms with E-state index in [4.69, 9.17) is 9.26 Å². The highest BCUT2D eigenvalue weighted by molar-refractivity contribution is 7.89. The van der Waals surface area contributed by atoms with E-state index in [9.17, 15) is 13.2 Å². The fourth-order valence-corrected chi connectivity index (χ4v) is 5.59. The first-order valence-electron chi connectivity index (χ1n) is 9.38. The van der Waals surface area contributed by atoms with Gasteiger partial charge >= 0.3 is 0 Å². The minimum atomic E-state index is -3.76. The number of piperidine rings is 1. The number of hydrogen-bond acceptors (Lipinski definition) is 7. The van der Waals surface area contributed by atoms with E-state index in [1.165, 1.54) is 4.31 Å². The molecule has 0 spiro atoms. The molecule has 1 aliphatic rings. The number of rotatable bonds is 8. The van der Waals surface area contributed by atoms with Crippen LogP contribution in [-0.4, -0.2) is 57.1 Å². The van der Waals surface area contributed by atoms with Crippen LogP contribution in [0, 0.1) is 12.8 Å². The predicted octanol–water partition coefficient (Wildman–Crippen LogP) is 2.38. The van der Waals surface area contributed by atoms with Gasteiger partial charge in [0.25, 0.3) is 0 Å². The zero-order valence-electron chi connectivity index (χ0n) is 16.5. The Balaban J connectivity index is 1.69. The summed E-state index contributed by atoms with van der Waals surface area (Å²) in [6.07, 6.45) is 4.39. The summed E-state index contributed by atoms with van der Waals surface area (Å²) in [6, 6.07) is 3.85. The maximum Gasteiger partial charge on any atom is 0.248 e. The molecule has 10 heteroatoms. The third-order valence-corrected chi connectivity index (χ3v) is 7.70. The zero-order valence-corrected chi connectivity index (χ0v) is 18.1. The number of aromatic nitrogens is 1. The second-order valence-corrected chi connectivity index (χ2v) is 9.63. The Kier molecular flexibility index (Phi) is 7.23. The fourth-order valence-electron chi connectivity index (χ4n) is 3.25. The van der Waals surface area contributed by atoms with Crippen molar-refractivity contribution < 1.29 is 22.5 Å². The van der Waals surface area contributed by atoms with Crippen LogP contribution in [0.5, 0.6) is 0 Å². The van der Waals surface area contributed by atoms with E-state index < -0.39 is 10.0 Å². The number of hydrogen-bond donors (Lipinski definition) is 1. The molecule has 0 saturated carbocycles. The first kappa shape index (κ1) is 21.7. The van der Waals surface area contributed by atoms with Gasteiger partial charge in [-0.2, -0.15) is 4.31 Å². The molecular formula is C19H25N3O5S2. The van der Waals surface area contributed by atoms with Gasteiger partial charge in [0.1, 0.15) is 5.69 Å². The standard InChI is InChI=1S/C19H25N3O5S2/c1-14-18(17(27-21-14)6-5-16-4-3-13-28-16)29(24,25)22-10-7-15(8-11-22)19(23)20-9-12-26-2/h3-6,13,15H,7-12H2,1-2H3,(H,20,23)/b6-5+. The van der Waals surface area contributed by atoms with Gasteiger partial charge in [-0.3, -0.25) is 4.79 Å². The Morgan fingerprint density at radius 2 is 2.17 bits per heavy atom. The molecule has 29 heavy (non-hydrogen) atoms. The second-order valence-electron chi connectivity index (χ2n) is 6.77. The van der Waals surface area contributed by atoms with Crippen LogP contribution in [0.1, 0.15) is 29.2 Å². The smallest absolute Gasteiger partial charge is 0.248 e. The molecule has 0 aliphatic carbocycles. The Labute approximate surface area is 174 Å². The molecule has 0 unspecified atom stereocenters. The van der Waals surface area contributed by atoms with E-state index in [2.05, 4.69) is 10.5 Å². The number of nitrogens with zero attached hydrogens (tertiary/aromatic N) is 2. The normalized spacial score (nSPS) is 16.5. The molecule has 0 atom stereocenters. The molecule has 3 heterocycles. The van der Waals surface area contributed by atoms with Gasteiger partial charge in [-0.05, 0) is 43.4 Å². The van der Waals surface area contributed by atoms with Gasteiger partial charge in [-0.15, -0.1) is 11.3 Å². The molecule has 0 bridgehead atoms. The van der Waals surface area contributed by atoms with Crippen LogP contribution in [-0.2, 0) is 19.6 Å². The minimum Gasteiger partial charge on any atom is -0.383 e. The second kappa shape index (κ2) is 9.66. The molecular weight excluding hydrogens is 414 g/mol. The molecule has 0 aromatic carbocycles. The van der Waals surface area contributed by atoms with Crippen LogP contribution in [0.2, 0.25) is 0 Å². The highest BCUT2D eigenvalue weighted by Gasteiger charge is 2.35. The van der Waals surface area contributed by atoms with E-state index in [1.807, 2.05) is 17.5 Å². The average Bonchev–Trinajstić information content (AvgIpc) is 3.36. The van der Waals surface area contributed by atoms with E-state index in [-0.39, 0.29) is 35.6 Å². The number of methoxy groups -OCH3 is 1. The van der Waals surface area contributed by atoms with Crippen LogP contribution < -0.4 is 5.32 Å². The summed E-state index contributed by atoms with van der Waals surface area (Å²) >= 11 is 1.55. The lowest BCUT2D eigenvalue weighted by Crippen LogP contribution is -2.43. The first-order valence-corrected chi connectivity index (χ1v) is 11.7. The van der Waals surface area contributed by atoms with Crippen molar-refractivity contribution in [3.63, 3.8) is 0 Å². The number of nitrogens with one attached hydrogen (secondary N) is 1. The van der Waals surface area contributed by atoms with Crippen molar-refractivity contribution in [3.8, 4) is 0 Å². The molecule has 1 fully saturated rings. The number of amides is 1. The van der Waals surface area contributed by atoms with Crippen LogP contribution in [0.15, 0.2) is 26.9 Å². The number of thiophene rings is 1. The SMILES string of the molecule is COCCNC(=O)C1CCN(S(=O)(=O)c2c(C)noc2/C=C/c2cccs2)CC1. The molecule has 0 radical (unpaired) electrons. The van der Waals surface area contributed by atoms with Gasteiger partial charge in [0.05, 0.1) is 6.61 Å². The van der Waals surface area contributed by atoms with Crippen molar-refractivity contribution in [3.05, 3.63) is 33.8 Å². The molecule has 8 nitrogen and oxygen atoms in total. The van der Waals surface area contributed by atoms with Crippen molar-refractivity contribution >= 4 is 39.4 Å². The monoisotopic (exact) mass is 439 g/mol. The molecule has 1 aliphatic heterocycles. The average molecular weight is 440 g/mol. The maximum atomic E-state index is 13.2. The Hall–Kier alpha value is -2.01. The van der Waals surface area contributed by atoms with Gasteiger partial charge in [0, 0.05) is 37.5 Å². The summed E-state index contributed by atoms with van der Waals surface area (Å²) in [4.78, 5) is 13.3. The summed E-state index contributed by atoms with van der Waals surface area (Å²) in [5, 5.41) is 8.62. The Bertz CT molecular complexity index is 943. The molecule has 1 saturated heterocycles. The van der Waals surface area contributed by atoms with E-state index in [0.29, 0.717) is 31.7 Å². The Morgan fingerprint density at radius 3 is 2.83 bits per heavy atom. The molecule has 158 valence electrons. The van der Waals surface area contributed by atoms with E-state index in [1.54, 1.807) is 37.5 Å². The van der Waals surface area contributed by atoms with Gasteiger partial charge in [-0.1, -0.05) is 11.2 Å². The van der Waals surface area contributed by atoms with Crippen LogP contribution >= 0.6 is 11.3 Å². The summed E-state index contributed by atoms with van der Waals surface area (Å²) < 4.78 is 38.0. The lowest BCUT2D eigenvalue weighted by atomic mass is 9.97. The minimum absolute atomic E-state index is 0.0557. The molecule has 3 rings (SSSR count). The highest BCUT2D eigenvalue weighted by atomic mass is 32.2. The molecule has 2 aromatic heterocycles. The number of carbonyl (C=O) groups is 1. The van der Waals surface area contributed by atoms with Gasteiger partial charge < -0.3 is 14.6 Å². The lowest BCUT2D eigenvalue weighted by molar-refractivity contribution is -0.126. The van der Waals surface area contributed by atoms with Crippen LogP contribution in [0.25, 0.3) is 12.2 Å². The number of sulfonamides is 1. The van der Waals surface area contributed by atoms with Crippen LogP contribution in [0.3, 0.4) is 0 Å². The first-order chi connectivity index (χ1) is 13.9. The van der Waals surface area contributed by atoms with E-state index in [0.717, 1.165) is 4.88 Å². The summed E-state index contributed by atoms with van der Waals surface area (Å²) in [6.45, 7) is 3.09. The van der Waals surface area contributed by atoms with Crippen molar-refractivity contribution in [1.82, 2.24) is 14.8 Å². The third kappa shape index (κ3) is 5.13.